The van der Waals surface area contributed by atoms with Gasteiger partial charge in [-0.25, -0.2) is 0 Å². The van der Waals surface area contributed by atoms with Crippen molar-refractivity contribution in [1.82, 2.24) is 0 Å². The highest BCUT2D eigenvalue weighted by Crippen LogP contribution is 2.25. The van der Waals surface area contributed by atoms with Crippen LogP contribution in [0, 0.1) is 5.92 Å². The van der Waals surface area contributed by atoms with E-state index in [0.29, 0.717) is 5.92 Å². The van der Waals surface area contributed by atoms with Crippen LogP contribution in [0.2, 0.25) is 6.04 Å². The molecule has 51 heavy (non-hydrogen) atoms. The minimum Gasteiger partial charge on any atom is -0.373 e. The monoisotopic (exact) mass is 757 g/mol. The lowest BCUT2D eigenvalue weighted by Gasteiger charge is -2.32. The zero-order valence-corrected chi connectivity index (χ0v) is 37.6. The molecule has 0 heterocycles. The molecule has 0 saturated heterocycles. The van der Waals surface area contributed by atoms with Gasteiger partial charge in [0.1, 0.15) is 0 Å². The van der Waals surface area contributed by atoms with Crippen LogP contribution in [0.25, 0.3) is 0 Å². The molecule has 1 atom stereocenters. The lowest BCUT2D eigenvalue weighted by Crippen LogP contribution is -2.48. The van der Waals surface area contributed by atoms with Crippen molar-refractivity contribution >= 4 is 21.4 Å². The van der Waals surface area contributed by atoms with Crippen LogP contribution >= 0.6 is 12.6 Å². The van der Waals surface area contributed by atoms with Crippen molar-refractivity contribution in [3.63, 3.8) is 0 Å². The third kappa shape index (κ3) is 38.5. The van der Waals surface area contributed by atoms with Crippen LogP contribution in [0.3, 0.4) is 0 Å². The zero-order valence-electron chi connectivity index (χ0n) is 35.7. The van der Waals surface area contributed by atoms with Crippen LogP contribution in [0.1, 0.15) is 259 Å². The molecule has 0 N–H and O–H groups in total. The molecule has 0 aliphatic heterocycles. The quantitative estimate of drug-likeness (QED) is 0.0381. The first kappa shape index (κ1) is 51.4. The first-order valence-electron chi connectivity index (χ1n) is 23.7. The van der Waals surface area contributed by atoms with Crippen molar-refractivity contribution in [3.8, 4) is 0 Å². The topological polar surface area (TPSA) is 27.7 Å². The third-order valence-electron chi connectivity index (χ3n) is 10.9. The number of thiol groups is 1. The van der Waals surface area contributed by atoms with E-state index in [0.717, 1.165) is 50.9 Å². The molecule has 0 aromatic heterocycles. The van der Waals surface area contributed by atoms with Crippen LogP contribution in [0.4, 0.5) is 0 Å². The molecule has 3 nitrogen and oxygen atoms in total. The van der Waals surface area contributed by atoms with Crippen LogP contribution in [-0.2, 0) is 13.3 Å². The third-order valence-corrected chi connectivity index (χ3v) is 14.6. The standard InChI is InChI=1S/C46H96O3SSi/c1-5-8-11-14-17-20-23-26-29-32-35-38-41-47-51(45-46(4)44-50,48-42-39-36-33-30-27-24-21-18-15-12-9-6-2)49-43-40-37-34-31-28-25-22-19-16-13-10-7-3/h46,50H,5-45H2,1-4H3. The van der Waals surface area contributed by atoms with Gasteiger partial charge >= 0.3 is 8.80 Å². The van der Waals surface area contributed by atoms with Crippen molar-refractivity contribution in [3.05, 3.63) is 0 Å². The summed E-state index contributed by atoms with van der Waals surface area (Å²) in [5.74, 6) is 1.31. The molecule has 0 amide bonds. The minimum atomic E-state index is -2.73. The molecule has 5 heteroatoms. The molecule has 0 rings (SSSR count). The van der Waals surface area contributed by atoms with Gasteiger partial charge in [-0.15, -0.1) is 0 Å². The molecular weight excluding hydrogens is 661 g/mol. The molecule has 0 aliphatic rings. The fourth-order valence-electron chi connectivity index (χ4n) is 7.31. The van der Waals surface area contributed by atoms with Gasteiger partial charge in [0.15, 0.2) is 0 Å². The van der Waals surface area contributed by atoms with Crippen molar-refractivity contribution in [2.75, 3.05) is 25.6 Å². The van der Waals surface area contributed by atoms with Gasteiger partial charge in [0, 0.05) is 25.9 Å². The summed E-state index contributed by atoms with van der Waals surface area (Å²) in [5, 5.41) is 0. The second-order valence-electron chi connectivity index (χ2n) is 16.4. The summed E-state index contributed by atoms with van der Waals surface area (Å²) in [4.78, 5) is 0. The largest absolute Gasteiger partial charge is 0.501 e. The fraction of sp³-hybridized carbons (Fsp3) is 1.00. The molecular formula is C46H96O3SSi. The predicted molar refractivity (Wildman–Crippen MR) is 235 cm³/mol. The molecule has 0 spiro atoms. The molecule has 0 aromatic carbocycles. The van der Waals surface area contributed by atoms with E-state index in [9.17, 15) is 0 Å². The van der Waals surface area contributed by atoms with Gasteiger partial charge in [-0.1, -0.05) is 240 Å². The number of hydrogen-bond acceptors (Lipinski definition) is 4. The van der Waals surface area contributed by atoms with Crippen molar-refractivity contribution in [1.29, 1.82) is 0 Å². The van der Waals surface area contributed by atoms with Gasteiger partial charge in [0.2, 0.25) is 0 Å². The summed E-state index contributed by atoms with van der Waals surface area (Å²) < 4.78 is 20.3. The van der Waals surface area contributed by atoms with E-state index in [2.05, 4.69) is 40.3 Å². The van der Waals surface area contributed by atoms with E-state index in [1.807, 2.05) is 0 Å². The van der Waals surface area contributed by atoms with Crippen LogP contribution in [-0.4, -0.2) is 34.4 Å². The van der Waals surface area contributed by atoms with Gasteiger partial charge in [-0.3, -0.25) is 0 Å². The smallest absolute Gasteiger partial charge is 0.373 e. The summed E-state index contributed by atoms with van der Waals surface area (Å²) in [6, 6.07) is 0.908. The Kier molecular flexibility index (Phi) is 43.6. The van der Waals surface area contributed by atoms with E-state index >= 15 is 0 Å². The van der Waals surface area contributed by atoms with E-state index in [4.69, 9.17) is 13.3 Å². The Hall–Kier alpha value is 0.447. The van der Waals surface area contributed by atoms with Gasteiger partial charge < -0.3 is 13.3 Å². The number of hydrogen-bond donors (Lipinski definition) is 1. The Morgan fingerprint density at radius 2 is 0.529 bits per heavy atom. The average molecular weight is 757 g/mol. The molecule has 0 aliphatic carbocycles. The van der Waals surface area contributed by atoms with Crippen LogP contribution in [0.5, 0.6) is 0 Å². The molecule has 0 bridgehead atoms. The SMILES string of the molecule is CCCCCCCCCCCCCCO[Si](CC(C)CS)(OCCCCCCCCCCCCCC)OCCCCCCCCCCCCCC. The second kappa shape index (κ2) is 43.2. The Bertz CT molecular complexity index is 562. The summed E-state index contributed by atoms with van der Waals surface area (Å²) >= 11 is 4.66. The highest BCUT2D eigenvalue weighted by Gasteiger charge is 2.42. The van der Waals surface area contributed by atoms with Gasteiger partial charge in [0.25, 0.3) is 0 Å². The zero-order chi connectivity index (χ0) is 37.2. The van der Waals surface area contributed by atoms with E-state index < -0.39 is 8.80 Å². The maximum atomic E-state index is 6.77. The Morgan fingerprint density at radius 1 is 0.333 bits per heavy atom. The lowest BCUT2D eigenvalue weighted by atomic mass is 10.1. The molecule has 0 radical (unpaired) electrons. The lowest BCUT2D eigenvalue weighted by molar-refractivity contribution is 0.0525. The summed E-state index contributed by atoms with van der Waals surface area (Å²) in [7, 11) is -2.73. The summed E-state index contributed by atoms with van der Waals surface area (Å²) in [5.41, 5.74) is 0. The maximum Gasteiger partial charge on any atom is 0.501 e. The van der Waals surface area contributed by atoms with Gasteiger partial charge in [0.05, 0.1) is 0 Å². The predicted octanol–water partition coefficient (Wildman–Crippen LogP) is 16.6. The molecule has 308 valence electrons. The van der Waals surface area contributed by atoms with Gasteiger partial charge in [-0.2, -0.15) is 12.6 Å². The molecule has 1 unspecified atom stereocenters. The first-order chi connectivity index (χ1) is 25.1. The Labute approximate surface area is 329 Å². The van der Waals surface area contributed by atoms with Crippen LogP contribution < -0.4 is 0 Å². The minimum absolute atomic E-state index is 0.450. The number of unbranched alkanes of at least 4 members (excludes halogenated alkanes) is 33. The molecule has 0 saturated carbocycles. The molecule has 0 aromatic rings. The van der Waals surface area contributed by atoms with E-state index in [1.54, 1.807) is 0 Å². The first-order valence-corrected chi connectivity index (χ1v) is 26.2. The van der Waals surface area contributed by atoms with Crippen molar-refractivity contribution in [2.45, 2.75) is 265 Å². The normalized spacial score (nSPS) is 12.6. The highest BCUT2D eigenvalue weighted by molar-refractivity contribution is 7.80. The van der Waals surface area contributed by atoms with E-state index in [-0.39, 0.29) is 0 Å². The van der Waals surface area contributed by atoms with Crippen LogP contribution in [0.15, 0.2) is 0 Å². The maximum absolute atomic E-state index is 6.77. The van der Waals surface area contributed by atoms with Crippen molar-refractivity contribution in [2.24, 2.45) is 5.92 Å². The Balaban J connectivity index is 4.56. The van der Waals surface area contributed by atoms with Gasteiger partial charge in [-0.05, 0) is 30.9 Å². The molecule has 0 fully saturated rings. The van der Waals surface area contributed by atoms with Crippen molar-refractivity contribution < 1.29 is 13.3 Å². The fourth-order valence-corrected chi connectivity index (χ4v) is 10.6. The highest BCUT2D eigenvalue weighted by atomic mass is 32.1. The second-order valence-corrected chi connectivity index (χ2v) is 19.4. The number of rotatable bonds is 45. The van der Waals surface area contributed by atoms with E-state index in [1.165, 1.54) is 212 Å². The summed E-state index contributed by atoms with van der Waals surface area (Å²) in [6.45, 7) is 11.6. The Morgan fingerprint density at radius 3 is 0.725 bits per heavy atom. The summed E-state index contributed by atoms with van der Waals surface area (Å²) in [6.07, 6.45) is 49.2. The average Bonchev–Trinajstić information content (AvgIpc) is 3.14.